The van der Waals surface area contributed by atoms with Gasteiger partial charge in [-0.1, -0.05) is 12.1 Å². The fourth-order valence-electron chi connectivity index (χ4n) is 2.63. The largest absolute Gasteiger partial charge is 0.357 e. The summed E-state index contributed by atoms with van der Waals surface area (Å²) in [4.78, 5) is 4.64. The molecule has 30 heavy (non-hydrogen) atoms. The highest BCUT2D eigenvalue weighted by atomic mass is 127. The number of sulfonamides is 1. The number of benzene rings is 2. The van der Waals surface area contributed by atoms with Crippen LogP contribution in [0.3, 0.4) is 0 Å². The van der Waals surface area contributed by atoms with Gasteiger partial charge in [0.2, 0.25) is 10.0 Å². The zero-order valence-corrected chi connectivity index (χ0v) is 19.6. The summed E-state index contributed by atoms with van der Waals surface area (Å²) in [6.45, 7) is 2.88. The van der Waals surface area contributed by atoms with E-state index in [-0.39, 0.29) is 47.0 Å². The molecule has 10 heteroatoms. The minimum atomic E-state index is -3.48. The highest BCUT2D eigenvalue weighted by molar-refractivity contribution is 14.0. The molecule has 6 nitrogen and oxygen atoms in total. The van der Waals surface area contributed by atoms with Crippen molar-refractivity contribution in [1.82, 2.24) is 15.4 Å². The van der Waals surface area contributed by atoms with Crippen molar-refractivity contribution in [2.75, 3.05) is 6.54 Å². The number of aliphatic imine (C=N–C) groups is 1. The van der Waals surface area contributed by atoms with Crippen LogP contribution in [0.5, 0.6) is 0 Å². The molecule has 1 fully saturated rings. The first-order valence-corrected chi connectivity index (χ1v) is 10.9. The van der Waals surface area contributed by atoms with Gasteiger partial charge in [0, 0.05) is 24.7 Å². The minimum absolute atomic E-state index is 0. The van der Waals surface area contributed by atoms with E-state index in [4.69, 9.17) is 0 Å². The van der Waals surface area contributed by atoms with Gasteiger partial charge < -0.3 is 10.6 Å². The lowest BCUT2D eigenvalue weighted by Crippen LogP contribution is -2.37. The molecule has 0 saturated heterocycles. The van der Waals surface area contributed by atoms with Crippen LogP contribution in [-0.4, -0.2) is 27.0 Å². The Kier molecular flexibility index (Phi) is 8.98. The maximum atomic E-state index is 13.8. The van der Waals surface area contributed by atoms with Crippen molar-refractivity contribution in [2.24, 2.45) is 4.99 Å². The van der Waals surface area contributed by atoms with Gasteiger partial charge in [0.05, 0.1) is 11.4 Å². The first-order chi connectivity index (χ1) is 13.9. The van der Waals surface area contributed by atoms with E-state index in [1.165, 1.54) is 0 Å². The minimum Gasteiger partial charge on any atom is -0.357 e. The van der Waals surface area contributed by atoms with Crippen molar-refractivity contribution in [3.05, 3.63) is 65.2 Å². The molecule has 0 aliphatic heterocycles. The van der Waals surface area contributed by atoms with Gasteiger partial charge in [-0.3, -0.25) is 0 Å². The Morgan fingerprint density at radius 1 is 1.10 bits per heavy atom. The lowest BCUT2D eigenvalue weighted by Gasteiger charge is -2.12. The molecule has 164 valence electrons. The van der Waals surface area contributed by atoms with E-state index in [0.717, 1.165) is 36.6 Å². The highest BCUT2D eigenvalue weighted by Crippen LogP contribution is 2.22. The van der Waals surface area contributed by atoms with Crippen LogP contribution in [0.15, 0.2) is 52.4 Å². The topological polar surface area (TPSA) is 82.6 Å². The quantitative estimate of drug-likeness (QED) is 0.268. The zero-order chi connectivity index (χ0) is 20.9. The molecule has 2 aromatic rings. The van der Waals surface area contributed by atoms with E-state index >= 15 is 0 Å². The van der Waals surface area contributed by atoms with Crippen LogP contribution in [0.2, 0.25) is 0 Å². The van der Waals surface area contributed by atoms with Crippen molar-refractivity contribution in [1.29, 1.82) is 0 Å². The third-order valence-corrected chi connectivity index (χ3v) is 5.89. The number of hydrogen-bond acceptors (Lipinski definition) is 3. The molecule has 1 saturated carbocycles. The van der Waals surface area contributed by atoms with Crippen molar-refractivity contribution in [3.8, 4) is 0 Å². The molecule has 0 atom stereocenters. The molecule has 0 aromatic heterocycles. The Bertz CT molecular complexity index is 981. The Balaban J connectivity index is 0.00000320. The average Bonchev–Trinajstić information content (AvgIpc) is 3.50. The number of nitrogens with one attached hydrogen (secondary N) is 3. The van der Waals surface area contributed by atoms with Crippen LogP contribution in [-0.2, 0) is 23.1 Å². The summed E-state index contributed by atoms with van der Waals surface area (Å²) in [6, 6.07) is 9.88. The number of rotatable bonds is 8. The third kappa shape index (κ3) is 7.17. The molecular weight excluding hydrogens is 525 g/mol. The summed E-state index contributed by atoms with van der Waals surface area (Å²) in [6.07, 6.45) is 1.76. The third-order valence-electron chi connectivity index (χ3n) is 4.35. The standard InChI is InChI=1S/C20H24F2N4O2S.HI/c1-2-23-20(25-13-15-11-16(21)5-10-19(15)22)24-12-14-3-8-18(9-4-14)29(27,28)26-17-6-7-17;/h3-5,8-11,17,26H,2,6-7,12-13H2,1H3,(H2,23,24,25);1H. The summed E-state index contributed by atoms with van der Waals surface area (Å²) < 4.78 is 54.1. The SMILES string of the molecule is CCNC(=NCc1ccc(S(=O)(=O)NC2CC2)cc1)NCc1cc(F)ccc1F.I. The second kappa shape index (κ2) is 11.0. The van der Waals surface area contributed by atoms with Crippen molar-refractivity contribution in [2.45, 2.75) is 43.8 Å². The van der Waals surface area contributed by atoms with E-state index < -0.39 is 21.7 Å². The first kappa shape index (κ1) is 24.5. The molecular formula is C20H25F2IN4O2S. The maximum Gasteiger partial charge on any atom is 0.240 e. The van der Waals surface area contributed by atoms with Crippen LogP contribution in [0, 0.1) is 11.6 Å². The highest BCUT2D eigenvalue weighted by Gasteiger charge is 2.27. The molecule has 0 radical (unpaired) electrons. The molecule has 0 spiro atoms. The Morgan fingerprint density at radius 3 is 2.43 bits per heavy atom. The lowest BCUT2D eigenvalue weighted by atomic mass is 10.2. The summed E-state index contributed by atoms with van der Waals surface area (Å²) in [7, 11) is -3.48. The van der Waals surface area contributed by atoms with Gasteiger partial charge in [-0.25, -0.2) is 26.9 Å². The normalized spacial score (nSPS) is 14.2. The van der Waals surface area contributed by atoms with E-state index in [0.29, 0.717) is 19.0 Å². The summed E-state index contributed by atoms with van der Waals surface area (Å²) in [5, 5.41) is 6.00. The van der Waals surface area contributed by atoms with Crippen LogP contribution >= 0.6 is 24.0 Å². The Morgan fingerprint density at radius 2 is 1.80 bits per heavy atom. The zero-order valence-electron chi connectivity index (χ0n) is 16.5. The van der Waals surface area contributed by atoms with Gasteiger partial charge in [0.15, 0.2) is 5.96 Å². The number of hydrogen-bond donors (Lipinski definition) is 3. The maximum absolute atomic E-state index is 13.8. The molecule has 1 aliphatic carbocycles. The molecule has 0 amide bonds. The van der Waals surface area contributed by atoms with E-state index in [9.17, 15) is 17.2 Å². The van der Waals surface area contributed by atoms with Gasteiger partial charge in [0.1, 0.15) is 11.6 Å². The van der Waals surface area contributed by atoms with Crippen LogP contribution < -0.4 is 15.4 Å². The Hall–Kier alpha value is -1.79. The van der Waals surface area contributed by atoms with Gasteiger partial charge in [0.25, 0.3) is 0 Å². The van der Waals surface area contributed by atoms with Gasteiger partial charge >= 0.3 is 0 Å². The Labute approximate surface area is 192 Å². The van der Waals surface area contributed by atoms with E-state index in [2.05, 4.69) is 20.3 Å². The molecule has 1 aliphatic rings. The van der Waals surface area contributed by atoms with Crippen LogP contribution in [0.4, 0.5) is 8.78 Å². The van der Waals surface area contributed by atoms with Gasteiger partial charge in [-0.2, -0.15) is 0 Å². The predicted octanol–water partition coefficient (Wildman–Crippen LogP) is 3.28. The fraction of sp³-hybridized carbons (Fsp3) is 0.350. The smallest absolute Gasteiger partial charge is 0.240 e. The summed E-state index contributed by atoms with van der Waals surface area (Å²) in [5.74, 6) is -0.550. The number of nitrogens with zero attached hydrogens (tertiary/aromatic N) is 1. The van der Waals surface area contributed by atoms with E-state index in [1.807, 2.05) is 6.92 Å². The molecule has 3 N–H and O–H groups in total. The van der Waals surface area contributed by atoms with Crippen molar-refractivity contribution in [3.63, 3.8) is 0 Å². The molecule has 2 aromatic carbocycles. The molecule has 0 bridgehead atoms. The van der Waals surface area contributed by atoms with Gasteiger partial charge in [-0.05, 0) is 55.7 Å². The van der Waals surface area contributed by atoms with Crippen molar-refractivity contribution < 1.29 is 17.2 Å². The molecule has 0 heterocycles. The van der Waals surface area contributed by atoms with Crippen LogP contribution in [0.25, 0.3) is 0 Å². The summed E-state index contributed by atoms with van der Waals surface area (Å²) >= 11 is 0. The molecule has 0 unspecified atom stereocenters. The van der Waals surface area contributed by atoms with E-state index in [1.54, 1.807) is 24.3 Å². The lowest BCUT2D eigenvalue weighted by molar-refractivity contribution is 0.580. The first-order valence-electron chi connectivity index (χ1n) is 9.45. The average molecular weight is 550 g/mol. The fourth-order valence-corrected chi connectivity index (χ4v) is 3.94. The molecule has 3 rings (SSSR count). The number of halogens is 3. The predicted molar refractivity (Wildman–Crippen MR) is 123 cm³/mol. The van der Waals surface area contributed by atoms with Crippen LogP contribution in [0.1, 0.15) is 30.9 Å². The number of guanidine groups is 1. The van der Waals surface area contributed by atoms with Crippen molar-refractivity contribution >= 4 is 40.0 Å². The summed E-state index contributed by atoms with van der Waals surface area (Å²) in [5.41, 5.74) is 1.03. The second-order valence-corrected chi connectivity index (χ2v) is 8.54. The monoisotopic (exact) mass is 550 g/mol. The van der Waals surface area contributed by atoms with Gasteiger partial charge in [-0.15, -0.1) is 24.0 Å². The second-order valence-electron chi connectivity index (χ2n) is 6.82.